The summed E-state index contributed by atoms with van der Waals surface area (Å²) in [7, 11) is 0. The summed E-state index contributed by atoms with van der Waals surface area (Å²) in [6.45, 7) is 13.1. The van der Waals surface area contributed by atoms with Gasteiger partial charge in [0, 0.05) is 36.6 Å². The van der Waals surface area contributed by atoms with E-state index in [1.807, 2.05) is 12.4 Å². The van der Waals surface area contributed by atoms with Crippen molar-refractivity contribution in [2.45, 2.75) is 58.8 Å². The Morgan fingerprint density at radius 3 is 2.55 bits per heavy atom. The summed E-state index contributed by atoms with van der Waals surface area (Å²) in [5, 5.41) is 3.44. The maximum Gasteiger partial charge on any atom is 0.225 e. The van der Waals surface area contributed by atoms with Gasteiger partial charge in [-0.25, -0.2) is 9.97 Å². The van der Waals surface area contributed by atoms with Crippen molar-refractivity contribution in [1.29, 1.82) is 0 Å². The van der Waals surface area contributed by atoms with Crippen molar-refractivity contribution in [1.82, 2.24) is 15.3 Å². The first-order valence-corrected chi connectivity index (χ1v) is 7.29. The summed E-state index contributed by atoms with van der Waals surface area (Å²) in [6, 6.07) is 0.324. The molecule has 1 aromatic heterocycles. The highest BCUT2D eigenvalue weighted by Crippen LogP contribution is 2.17. The predicted molar refractivity (Wildman–Crippen MR) is 80.8 cm³/mol. The number of aromatic nitrogens is 2. The topological polar surface area (TPSA) is 50.3 Å². The largest absolute Gasteiger partial charge is 0.375 e. The van der Waals surface area contributed by atoms with Crippen LogP contribution in [0.3, 0.4) is 0 Å². The fourth-order valence-corrected chi connectivity index (χ4v) is 2.14. The molecule has 0 aromatic carbocycles. The van der Waals surface area contributed by atoms with Crippen LogP contribution in [0, 0.1) is 0 Å². The monoisotopic (exact) mass is 278 g/mol. The summed E-state index contributed by atoms with van der Waals surface area (Å²) in [5.74, 6) is 0.798. The molecule has 2 unspecified atom stereocenters. The first-order valence-electron chi connectivity index (χ1n) is 7.29. The van der Waals surface area contributed by atoms with Crippen molar-refractivity contribution >= 4 is 5.95 Å². The molecule has 1 N–H and O–H groups in total. The minimum atomic E-state index is 0.104. The van der Waals surface area contributed by atoms with Crippen LogP contribution in [0.4, 0.5) is 5.95 Å². The lowest BCUT2D eigenvalue weighted by Gasteiger charge is -2.36. The zero-order valence-corrected chi connectivity index (χ0v) is 13.2. The van der Waals surface area contributed by atoms with Crippen LogP contribution in [0.5, 0.6) is 0 Å². The van der Waals surface area contributed by atoms with Crippen LogP contribution in [-0.2, 0) is 11.3 Å². The van der Waals surface area contributed by atoms with Crippen LogP contribution in [0.25, 0.3) is 0 Å². The number of rotatable bonds is 3. The van der Waals surface area contributed by atoms with E-state index in [2.05, 4.69) is 54.8 Å². The lowest BCUT2D eigenvalue weighted by Crippen LogP contribution is -2.48. The number of ether oxygens (including phenoxy) is 1. The third-order valence-electron chi connectivity index (χ3n) is 3.38. The second-order valence-electron chi connectivity index (χ2n) is 6.64. The molecule has 5 heteroatoms. The second kappa shape index (κ2) is 6.06. The molecule has 2 rings (SSSR count). The van der Waals surface area contributed by atoms with E-state index in [0.717, 1.165) is 31.2 Å². The first kappa shape index (κ1) is 15.2. The zero-order valence-electron chi connectivity index (χ0n) is 13.2. The summed E-state index contributed by atoms with van der Waals surface area (Å²) >= 11 is 0. The third kappa shape index (κ3) is 4.15. The van der Waals surface area contributed by atoms with Gasteiger partial charge >= 0.3 is 0 Å². The molecule has 1 saturated heterocycles. The highest BCUT2D eigenvalue weighted by molar-refractivity contribution is 5.32. The standard InChI is InChI=1S/C15H26N4O/c1-11-10-20-12(2)9-19(11)14-16-6-13(7-17-14)8-18-15(3,4)5/h6-7,11-12,18H,8-10H2,1-5H3. The Bertz CT molecular complexity index is 426. The van der Waals surface area contributed by atoms with Gasteiger partial charge in [-0.3, -0.25) is 0 Å². The van der Waals surface area contributed by atoms with Gasteiger partial charge in [-0.2, -0.15) is 0 Å². The van der Waals surface area contributed by atoms with Gasteiger partial charge in [0.1, 0.15) is 0 Å². The Labute approximate surface area is 121 Å². The van der Waals surface area contributed by atoms with Crippen molar-refractivity contribution in [2.24, 2.45) is 0 Å². The maximum atomic E-state index is 5.63. The summed E-state index contributed by atoms with van der Waals surface area (Å²) in [6.07, 6.45) is 4.05. The molecule has 0 bridgehead atoms. The molecule has 1 fully saturated rings. The summed E-state index contributed by atoms with van der Waals surface area (Å²) in [4.78, 5) is 11.2. The van der Waals surface area contributed by atoms with Gasteiger partial charge in [-0.15, -0.1) is 0 Å². The second-order valence-corrected chi connectivity index (χ2v) is 6.64. The highest BCUT2D eigenvalue weighted by atomic mass is 16.5. The molecule has 0 amide bonds. The highest BCUT2D eigenvalue weighted by Gasteiger charge is 2.25. The van der Waals surface area contributed by atoms with Crippen LogP contribution in [0.2, 0.25) is 0 Å². The lowest BCUT2D eigenvalue weighted by molar-refractivity contribution is 0.0337. The third-order valence-corrected chi connectivity index (χ3v) is 3.38. The summed E-state index contributed by atoms with van der Waals surface area (Å²) < 4.78 is 5.63. The molecule has 2 heterocycles. The molecule has 0 spiro atoms. The van der Waals surface area contributed by atoms with Gasteiger partial charge in [-0.1, -0.05) is 0 Å². The van der Waals surface area contributed by atoms with Crippen LogP contribution in [-0.4, -0.2) is 40.8 Å². The molecule has 1 aliphatic rings. The van der Waals surface area contributed by atoms with Crippen molar-refractivity contribution in [3.63, 3.8) is 0 Å². The van der Waals surface area contributed by atoms with Crippen LogP contribution in [0.1, 0.15) is 40.2 Å². The fourth-order valence-electron chi connectivity index (χ4n) is 2.14. The quantitative estimate of drug-likeness (QED) is 0.916. The average Bonchev–Trinajstić information content (AvgIpc) is 2.39. The van der Waals surface area contributed by atoms with Crippen LogP contribution >= 0.6 is 0 Å². The van der Waals surface area contributed by atoms with Gasteiger partial charge in [0.25, 0.3) is 0 Å². The molecule has 112 valence electrons. The molecule has 1 aliphatic heterocycles. The van der Waals surface area contributed by atoms with Crippen molar-refractivity contribution in [2.75, 3.05) is 18.1 Å². The average molecular weight is 278 g/mol. The molecule has 20 heavy (non-hydrogen) atoms. The Morgan fingerprint density at radius 2 is 1.95 bits per heavy atom. The van der Waals surface area contributed by atoms with Crippen molar-refractivity contribution in [3.8, 4) is 0 Å². The van der Waals surface area contributed by atoms with E-state index < -0.39 is 0 Å². The van der Waals surface area contributed by atoms with Crippen molar-refractivity contribution in [3.05, 3.63) is 18.0 Å². The number of hydrogen-bond donors (Lipinski definition) is 1. The molecule has 5 nitrogen and oxygen atoms in total. The number of anilines is 1. The van der Waals surface area contributed by atoms with E-state index >= 15 is 0 Å². The van der Waals surface area contributed by atoms with Gasteiger partial charge in [-0.05, 0) is 34.6 Å². The maximum absolute atomic E-state index is 5.63. The van der Waals surface area contributed by atoms with Gasteiger partial charge in [0.05, 0.1) is 18.8 Å². The van der Waals surface area contributed by atoms with Gasteiger partial charge in [0.2, 0.25) is 5.95 Å². The van der Waals surface area contributed by atoms with Crippen LogP contribution < -0.4 is 10.2 Å². The first-order chi connectivity index (χ1) is 9.35. The lowest BCUT2D eigenvalue weighted by atomic mass is 10.1. The Hall–Kier alpha value is -1.20. The fraction of sp³-hybridized carbons (Fsp3) is 0.733. The van der Waals surface area contributed by atoms with E-state index in [4.69, 9.17) is 4.74 Å². The molecule has 0 aliphatic carbocycles. The molecule has 0 radical (unpaired) electrons. The Balaban J connectivity index is 2.00. The van der Waals surface area contributed by atoms with E-state index in [1.54, 1.807) is 0 Å². The minimum Gasteiger partial charge on any atom is -0.375 e. The van der Waals surface area contributed by atoms with E-state index in [0.29, 0.717) is 6.04 Å². The molecular weight excluding hydrogens is 252 g/mol. The Morgan fingerprint density at radius 1 is 1.30 bits per heavy atom. The molecule has 2 atom stereocenters. The SMILES string of the molecule is CC1CN(c2ncc(CNC(C)(C)C)cn2)C(C)CO1. The van der Waals surface area contributed by atoms with Crippen LogP contribution in [0.15, 0.2) is 12.4 Å². The van der Waals surface area contributed by atoms with E-state index in [-0.39, 0.29) is 11.6 Å². The zero-order chi connectivity index (χ0) is 14.8. The Kier molecular flexibility index (Phi) is 4.60. The molecule has 0 saturated carbocycles. The smallest absolute Gasteiger partial charge is 0.225 e. The van der Waals surface area contributed by atoms with Crippen molar-refractivity contribution < 1.29 is 4.74 Å². The molecule has 1 aromatic rings. The number of nitrogens with one attached hydrogen (secondary N) is 1. The number of hydrogen-bond acceptors (Lipinski definition) is 5. The minimum absolute atomic E-state index is 0.104. The van der Waals surface area contributed by atoms with E-state index in [9.17, 15) is 0 Å². The number of morpholine rings is 1. The predicted octanol–water partition coefficient (Wildman–Crippen LogP) is 1.98. The molecular formula is C15H26N4O. The normalized spacial score (nSPS) is 23.9. The summed E-state index contributed by atoms with van der Waals surface area (Å²) in [5.41, 5.74) is 1.21. The number of nitrogens with zero attached hydrogens (tertiary/aromatic N) is 3. The van der Waals surface area contributed by atoms with E-state index in [1.165, 1.54) is 0 Å². The van der Waals surface area contributed by atoms with Gasteiger partial charge < -0.3 is 15.0 Å². The van der Waals surface area contributed by atoms with Gasteiger partial charge in [0.15, 0.2) is 0 Å².